The molecule has 3 rings (SSSR count). The molecule has 7 nitrogen and oxygen atoms in total. The second-order valence-electron chi connectivity index (χ2n) is 5.42. The first-order chi connectivity index (χ1) is 10.6. The maximum absolute atomic E-state index is 12.9. The first kappa shape index (κ1) is 14.9. The molecule has 3 heterocycles. The molecular formula is C14H19FN6O. The van der Waals surface area contributed by atoms with Gasteiger partial charge in [0.25, 0.3) is 0 Å². The minimum atomic E-state index is -0.336. The van der Waals surface area contributed by atoms with E-state index >= 15 is 0 Å². The number of hydrogen-bond acceptors (Lipinski definition) is 6. The zero-order valence-electron chi connectivity index (χ0n) is 12.4. The zero-order valence-corrected chi connectivity index (χ0v) is 12.4. The molecule has 0 aliphatic carbocycles. The van der Waals surface area contributed by atoms with Gasteiger partial charge in [0.1, 0.15) is 24.1 Å². The lowest BCUT2D eigenvalue weighted by atomic mass is 10.3. The number of pyridine rings is 1. The molecule has 2 aromatic rings. The Labute approximate surface area is 127 Å². The molecule has 0 bridgehead atoms. The molecule has 8 heteroatoms. The van der Waals surface area contributed by atoms with Gasteiger partial charge in [-0.2, -0.15) is 5.10 Å². The summed E-state index contributed by atoms with van der Waals surface area (Å²) < 4.78 is 20.3. The lowest BCUT2D eigenvalue weighted by Gasteiger charge is -2.27. The molecule has 2 aromatic heterocycles. The number of ether oxygens (including phenoxy) is 1. The molecule has 22 heavy (non-hydrogen) atoms. The van der Waals surface area contributed by atoms with Crippen molar-refractivity contribution in [3.05, 3.63) is 35.8 Å². The van der Waals surface area contributed by atoms with Gasteiger partial charge in [-0.05, 0) is 19.1 Å². The number of hydrogen-bond donors (Lipinski definition) is 1. The van der Waals surface area contributed by atoms with Crippen LogP contribution in [0.4, 0.5) is 10.2 Å². The van der Waals surface area contributed by atoms with Gasteiger partial charge in [0.05, 0.1) is 25.9 Å². The molecule has 0 saturated heterocycles. The van der Waals surface area contributed by atoms with Crippen molar-refractivity contribution in [2.24, 2.45) is 5.73 Å². The van der Waals surface area contributed by atoms with E-state index in [9.17, 15) is 4.39 Å². The summed E-state index contributed by atoms with van der Waals surface area (Å²) in [6.07, 6.45) is 1.22. The summed E-state index contributed by atoms with van der Waals surface area (Å²) in [4.78, 5) is 10.6. The second-order valence-corrected chi connectivity index (χ2v) is 5.42. The Hall–Kier alpha value is -2.06. The number of halogens is 1. The Bertz CT molecular complexity index is 627. The van der Waals surface area contributed by atoms with E-state index in [1.807, 2.05) is 11.6 Å². The molecule has 0 radical (unpaired) electrons. The lowest BCUT2D eigenvalue weighted by molar-refractivity contribution is 0.106. The molecule has 1 atom stereocenters. The summed E-state index contributed by atoms with van der Waals surface area (Å²) in [6.45, 7) is 4.80. The minimum absolute atomic E-state index is 0.00252. The summed E-state index contributed by atoms with van der Waals surface area (Å²) in [5.41, 5.74) is 5.64. The summed E-state index contributed by atoms with van der Waals surface area (Å²) in [7, 11) is 0. The van der Waals surface area contributed by atoms with Gasteiger partial charge in [0.15, 0.2) is 5.82 Å². The number of aromatic nitrogens is 4. The number of rotatable bonds is 5. The van der Waals surface area contributed by atoms with Gasteiger partial charge in [-0.3, -0.25) is 0 Å². The van der Waals surface area contributed by atoms with Gasteiger partial charge >= 0.3 is 0 Å². The molecule has 0 unspecified atom stereocenters. The van der Waals surface area contributed by atoms with Crippen molar-refractivity contribution in [3.63, 3.8) is 0 Å². The fourth-order valence-corrected chi connectivity index (χ4v) is 2.34. The Morgan fingerprint density at radius 2 is 2.27 bits per heavy atom. The smallest absolute Gasteiger partial charge is 0.176 e. The highest BCUT2D eigenvalue weighted by molar-refractivity contribution is 5.38. The Morgan fingerprint density at radius 3 is 3.00 bits per heavy atom. The van der Waals surface area contributed by atoms with Crippen LogP contribution in [0.3, 0.4) is 0 Å². The van der Waals surface area contributed by atoms with Crippen LogP contribution in [-0.2, 0) is 24.4 Å². The average molecular weight is 306 g/mol. The first-order valence-corrected chi connectivity index (χ1v) is 7.24. The van der Waals surface area contributed by atoms with E-state index in [-0.39, 0.29) is 11.9 Å². The summed E-state index contributed by atoms with van der Waals surface area (Å²) in [6, 6.07) is 3.08. The Balaban J connectivity index is 1.65. The van der Waals surface area contributed by atoms with E-state index in [0.29, 0.717) is 32.1 Å². The van der Waals surface area contributed by atoms with Crippen LogP contribution in [0.2, 0.25) is 0 Å². The molecule has 0 saturated carbocycles. The molecule has 0 spiro atoms. The number of nitrogens with two attached hydrogens (primary N) is 1. The van der Waals surface area contributed by atoms with Gasteiger partial charge in [-0.15, -0.1) is 0 Å². The number of fused-ring (bicyclic) bond motifs is 1. The summed E-state index contributed by atoms with van der Waals surface area (Å²) >= 11 is 0. The fraction of sp³-hybridized carbons (Fsp3) is 0.500. The topological polar surface area (TPSA) is 82.1 Å². The fourth-order valence-electron chi connectivity index (χ4n) is 2.34. The number of nitrogens with zero attached hydrogens (tertiary/aromatic N) is 5. The summed E-state index contributed by atoms with van der Waals surface area (Å²) in [5.74, 6) is 1.92. The Morgan fingerprint density at radius 1 is 1.41 bits per heavy atom. The molecule has 1 aliphatic rings. The molecular weight excluding hydrogens is 287 g/mol. The van der Waals surface area contributed by atoms with E-state index < -0.39 is 0 Å². The highest BCUT2D eigenvalue weighted by Gasteiger charge is 2.20. The Kier molecular flexibility index (Phi) is 4.30. The van der Waals surface area contributed by atoms with E-state index in [1.54, 1.807) is 6.07 Å². The van der Waals surface area contributed by atoms with Crippen molar-refractivity contribution < 1.29 is 9.13 Å². The van der Waals surface area contributed by atoms with E-state index in [2.05, 4.69) is 20.0 Å². The van der Waals surface area contributed by atoms with Crippen LogP contribution in [0.25, 0.3) is 0 Å². The van der Waals surface area contributed by atoms with Gasteiger partial charge in [-0.1, -0.05) is 0 Å². The van der Waals surface area contributed by atoms with Crippen LogP contribution >= 0.6 is 0 Å². The van der Waals surface area contributed by atoms with Crippen molar-refractivity contribution >= 4 is 5.82 Å². The van der Waals surface area contributed by atoms with Crippen LogP contribution in [-0.4, -0.2) is 38.9 Å². The van der Waals surface area contributed by atoms with Crippen LogP contribution in [0.5, 0.6) is 0 Å². The van der Waals surface area contributed by atoms with Gasteiger partial charge in [0, 0.05) is 12.6 Å². The van der Waals surface area contributed by atoms with Gasteiger partial charge < -0.3 is 15.4 Å². The molecule has 2 N–H and O–H groups in total. The van der Waals surface area contributed by atoms with Crippen molar-refractivity contribution in [1.82, 2.24) is 19.7 Å². The third-order valence-electron chi connectivity index (χ3n) is 3.35. The predicted octanol–water partition coefficient (Wildman–Crippen LogP) is 0.696. The average Bonchev–Trinajstić information content (AvgIpc) is 2.89. The van der Waals surface area contributed by atoms with Crippen LogP contribution in [0.1, 0.15) is 18.6 Å². The van der Waals surface area contributed by atoms with E-state index in [0.717, 1.165) is 18.2 Å². The van der Waals surface area contributed by atoms with Gasteiger partial charge in [-0.25, -0.2) is 19.0 Å². The van der Waals surface area contributed by atoms with Gasteiger partial charge in [0.2, 0.25) is 0 Å². The van der Waals surface area contributed by atoms with Crippen molar-refractivity contribution in [1.29, 1.82) is 0 Å². The first-order valence-electron chi connectivity index (χ1n) is 7.24. The summed E-state index contributed by atoms with van der Waals surface area (Å²) in [5, 5.41) is 4.42. The quantitative estimate of drug-likeness (QED) is 0.875. The lowest BCUT2D eigenvalue weighted by Crippen LogP contribution is -2.34. The molecule has 0 amide bonds. The SMILES string of the molecule is C[C@H](N)COCc1nc2n(n1)CCN(c1ccc(F)cn1)C2. The molecule has 0 fully saturated rings. The third-order valence-corrected chi connectivity index (χ3v) is 3.35. The largest absolute Gasteiger partial charge is 0.372 e. The van der Waals surface area contributed by atoms with Crippen LogP contribution in [0.15, 0.2) is 18.3 Å². The highest BCUT2D eigenvalue weighted by Crippen LogP contribution is 2.18. The van der Waals surface area contributed by atoms with Crippen LogP contribution < -0.4 is 10.6 Å². The van der Waals surface area contributed by atoms with E-state index in [1.165, 1.54) is 12.3 Å². The minimum Gasteiger partial charge on any atom is -0.372 e. The molecule has 118 valence electrons. The predicted molar refractivity (Wildman–Crippen MR) is 78.6 cm³/mol. The highest BCUT2D eigenvalue weighted by atomic mass is 19.1. The maximum Gasteiger partial charge on any atom is 0.176 e. The standard InChI is InChI=1S/C14H19FN6O/c1-10(16)8-22-9-12-18-14-7-20(4-5-21(14)19-12)13-3-2-11(15)6-17-13/h2-3,6,10H,4-5,7-9,16H2,1H3/t10-/m0/s1. The van der Waals surface area contributed by atoms with Crippen LogP contribution in [0, 0.1) is 5.82 Å². The normalized spacial score (nSPS) is 15.7. The third kappa shape index (κ3) is 3.40. The van der Waals surface area contributed by atoms with Crippen molar-refractivity contribution in [2.45, 2.75) is 32.7 Å². The second kappa shape index (κ2) is 6.37. The zero-order chi connectivity index (χ0) is 15.5. The van der Waals surface area contributed by atoms with Crippen molar-refractivity contribution in [3.8, 4) is 0 Å². The number of anilines is 1. The van der Waals surface area contributed by atoms with E-state index in [4.69, 9.17) is 10.5 Å². The molecule has 0 aromatic carbocycles. The molecule has 1 aliphatic heterocycles. The maximum atomic E-state index is 12.9. The monoisotopic (exact) mass is 306 g/mol. The van der Waals surface area contributed by atoms with Crippen molar-refractivity contribution in [2.75, 3.05) is 18.1 Å².